The zero-order chi connectivity index (χ0) is 26.3. The number of hydrogen-bond acceptors (Lipinski definition) is 5. The number of aromatic nitrogens is 1. The SMILES string of the molecule is CCO/C=C/c1cnc(OC)c(C(c2ccccc2)C(O)(CCN(C)C)c2cccc3ccccc23)c1. The molecule has 0 radical (unpaired) electrons. The third kappa shape index (κ3) is 5.85. The highest BCUT2D eigenvalue weighted by atomic mass is 16.5. The number of ether oxygens (including phenoxy) is 2. The summed E-state index contributed by atoms with van der Waals surface area (Å²) < 4.78 is 11.2. The van der Waals surface area contributed by atoms with Crippen molar-refractivity contribution in [3.8, 4) is 5.88 Å². The minimum atomic E-state index is -1.26. The summed E-state index contributed by atoms with van der Waals surface area (Å²) in [7, 11) is 5.69. The number of nitrogens with zero attached hydrogens (tertiary/aromatic N) is 2. The van der Waals surface area contributed by atoms with E-state index in [0.29, 0.717) is 25.5 Å². The Morgan fingerprint density at radius 3 is 2.46 bits per heavy atom. The maximum absolute atomic E-state index is 13.0. The summed E-state index contributed by atoms with van der Waals surface area (Å²) >= 11 is 0. The third-order valence-corrected chi connectivity index (χ3v) is 6.73. The van der Waals surface area contributed by atoms with Gasteiger partial charge in [0.15, 0.2) is 0 Å². The summed E-state index contributed by atoms with van der Waals surface area (Å²) in [5.41, 5.74) is 2.31. The first-order chi connectivity index (χ1) is 18.0. The molecule has 1 aromatic heterocycles. The summed E-state index contributed by atoms with van der Waals surface area (Å²) in [6, 6.07) is 26.6. The Hall–Kier alpha value is -3.67. The number of hydrogen-bond donors (Lipinski definition) is 1. The Kier molecular flexibility index (Phi) is 8.59. The molecule has 0 spiro atoms. The van der Waals surface area contributed by atoms with Gasteiger partial charge >= 0.3 is 0 Å². The van der Waals surface area contributed by atoms with Crippen molar-refractivity contribution in [2.45, 2.75) is 24.9 Å². The molecule has 1 N–H and O–H groups in total. The maximum atomic E-state index is 13.0. The van der Waals surface area contributed by atoms with Crippen LogP contribution in [0.3, 0.4) is 0 Å². The molecule has 5 heteroatoms. The van der Waals surface area contributed by atoms with Crippen LogP contribution in [0.4, 0.5) is 0 Å². The normalized spacial score (nSPS) is 14.1. The minimum Gasteiger partial charge on any atom is -0.501 e. The average molecular weight is 497 g/mol. The molecule has 5 nitrogen and oxygen atoms in total. The van der Waals surface area contributed by atoms with Crippen molar-refractivity contribution >= 4 is 16.8 Å². The molecule has 0 aliphatic heterocycles. The summed E-state index contributed by atoms with van der Waals surface area (Å²) in [4.78, 5) is 6.74. The van der Waals surface area contributed by atoms with Gasteiger partial charge in [-0.25, -0.2) is 4.98 Å². The topological polar surface area (TPSA) is 54.8 Å². The van der Waals surface area contributed by atoms with Gasteiger partial charge in [-0.15, -0.1) is 0 Å². The van der Waals surface area contributed by atoms with Gasteiger partial charge in [0.2, 0.25) is 5.88 Å². The Balaban J connectivity index is 2.01. The molecule has 0 fully saturated rings. The van der Waals surface area contributed by atoms with Crippen LogP contribution in [-0.2, 0) is 10.3 Å². The zero-order valence-corrected chi connectivity index (χ0v) is 22.1. The van der Waals surface area contributed by atoms with Gasteiger partial charge in [0.25, 0.3) is 0 Å². The van der Waals surface area contributed by atoms with Gasteiger partial charge in [0.1, 0.15) is 5.60 Å². The lowest BCUT2D eigenvalue weighted by Gasteiger charge is -2.39. The zero-order valence-electron chi connectivity index (χ0n) is 22.1. The van der Waals surface area contributed by atoms with Crippen molar-refractivity contribution in [2.24, 2.45) is 0 Å². The fraction of sp³-hybridized carbons (Fsp3) is 0.281. The van der Waals surface area contributed by atoms with E-state index in [4.69, 9.17) is 9.47 Å². The van der Waals surface area contributed by atoms with E-state index in [0.717, 1.165) is 33.0 Å². The van der Waals surface area contributed by atoms with Crippen LogP contribution in [0.5, 0.6) is 5.88 Å². The Morgan fingerprint density at radius 2 is 1.73 bits per heavy atom. The van der Waals surface area contributed by atoms with Crippen LogP contribution in [0.1, 0.15) is 41.5 Å². The Morgan fingerprint density at radius 1 is 1.00 bits per heavy atom. The van der Waals surface area contributed by atoms with Crippen LogP contribution in [0, 0.1) is 0 Å². The van der Waals surface area contributed by atoms with E-state index in [9.17, 15) is 5.11 Å². The van der Waals surface area contributed by atoms with Gasteiger partial charge in [0.05, 0.1) is 20.0 Å². The first kappa shape index (κ1) is 26.4. The first-order valence-corrected chi connectivity index (χ1v) is 12.7. The number of aliphatic hydroxyl groups is 1. The van der Waals surface area contributed by atoms with Crippen molar-refractivity contribution < 1.29 is 14.6 Å². The van der Waals surface area contributed by atoms with Gasteiger partial charge in [-0.3, -0.25) is 0 Å². The molecular weight excluding hydrogens is 460 g/mol. The van der Waals surface area contributed by atoms with Gasteiger partial charge in [-0.05, 0) is 67.0 Å². The molecule has 0 saturated carbocycles. The predicted molar refractivity (Wildman–Crippen MR) is 151 cm³/mol. The number of pyridine rings is 1. The van der Waals surface area contributed by atoms with E-state index in [-0.39, 0.29) is 0 Å². The van der Waals surface area contributed by atoms with Crippen LogP contribution in [0.2, 0.25) is 0 Å². The lowest BCUT2D eigenvalue weighted by atomic mass is 9.70. The van der Waals surface area contributed by atoms with Gasteiger partial charge in [-0.2, -0.15) is 0 Å². The molecule has 0 aliphatic carbocycles. The number of benzene rings is 3. The van der Waals surface area contributed by atoms with E-state index in [1.807, 2.05) is 75.6 Å². The van der Waals surface area contributed by atoms with Gasteiger partial charge in [0, 0.05) is 24.2 Å². The standard InChI is InChI=1S/C32H36N2O3/c1-5-37-21-18-24-22-28(31(36-4)33-23-24)30(26-13-7-6-8-14-26)32(35,19-20-34(2)3)29-17-11-15-25-12-9-10-16-27(25)29/h6-18,21-23,30,35H,5,19-20H2,1-4H3/b21-18+. The van der Waals surface area contributed by atoms with E-state index < -0.39 is 11.5 Å². The molecule has 4 aromatic rings. The van der Waals surface area contributed by atoms with E-state index in [1.54, 1.807) is 19.6 Å². The molecule has 2 atom stereocenters. The number of rotatable bonds is 11. The Labute approximate surface area is 220 Å². The highest BCUT2D eigenvalue weighted by Crippen LogP contribution is 2.48. The molecular formula is C32H36N2O3. The fourth-order valence-electron chi connectivity index (χ4n) is 4.97. The predicted octanol–water partition coefficient (Wildman–Crippen LogP) is 6.22. The van der Waals surface area contributed by atoms with Crippen molar-refractivity contribution in [1.29, 1.82) is 0 Å². The summed E-state index contributed by atoms with van der Waals surface area (Å²) in [6.07, 6.45) is 5.83. The van der Waals surface area contributed by atoms with Crippen LogP contribution in [-0.4, -0.2) is 49.3 Å². The molecule has 1 heterocycles. The smallest absolute Gasteiger partial charge is 0.217 e. The lowest BCUT2D eigenvalue weighted by Crippen LogP contribution is -2.38. The summed E-state index contributed by atoms with van der Waals surface area (Å²) in [5, 5.41) is 15.1. The van der Waals surface area contributed by atoms with Crippen molar-refractivity contribution in [2.75, 3.05) is 34.4 Å². The molecule has 3 aromatic carbocycles. The second-order valence-corrected chi connectivity index (χ2v) is 9.47. The van der Waals surface area contributed by atoms with Crippen molar-refractivity contribution in [3.05, 3.63) is 114 Å². The third-order valence-electron chi connectivity index (χ3n) is 6.73. The van der Waals surface area contributed by atoms with Crippen LogP contribution in [0.25, 0.3) is 16.8 Å². The molecule has 0 saturated heterocycles. The van der Waals surface area contributed by atoms with E-state index in [2.05, 4.69) is 40.2 Å². The largest absolute Gasteiger partial charge is 0.501 e. The van der Waals surface area contributed by atoms with Crippen molar-refractivity contribution in [3.63, 3.8) is 0 Å². The molecule has 4 rings (SSSR count). The highest BCUT2D eigenvalue weighted by molar-refractivity contribution is 5.86. The molecule has 192 valence electrons. The van der Waals surface area contributed by atoms with Crippen LogP contribution >= 0.6 is 0 Å². The second-order valence-electron chi connectivity index (χ2n) is 9.47. The monoisotopic (exact) mass is 496 g/mol. The summed E-state index contributed by atoms with van der Waals surface area (Å²) in [5.74, 6) is 0.0493. The Bertz CT molecular complexity index is 1330. The molecule has 0 bridgehead atoms. The van der Waals surface area contributed by atoms with Crippen molar-refractivity contribution in [1.82, 2.24) is 9.88 Å². The van der Waals surface area contributed by atoms with Gasteiger partial charge < -0.3 is 19.5 Å². The number of fused-ring (bicyclic) bond motifs is 1. The first-order valence-electron chi connectivity index (χ1n) is 12.7. The van der Waals surface area contributed by atoms with Crippen LogP contribution in [0.15, 0.2) is 91.3 Å². The molecule has 2 unspecified atom stereocenters. The molecule has 0 amide bonds. The lowest BCUT2D eigenvalue weighted by molar-refractivity contribution is 0.00515. The maximum Gasteiger partial charge on any atom is 0.217 e. The average Bonchev–Trinajstić information content (AvgIpc) is 2.92. The van der Waals surface area contributed by atoms with Crippen LogP contribution < -0.4 is 4.74 Å². The van der Waals surface area contributed by atoms with E-state index in [1.165, 1.54) is 0 Å². The minimum absolute atomic E-state index is 0.442. The van der Waals surface area contributed by atoms with E-state index >= 15 is 0 Å². The number of methoxy groups -OCH3 is 1. The highest BCUT2D eigenvalue weighted by Gasteiger charge is 2.43. The summed E-state index contributed by atoms with van der Waals surface area (Å²) in [6.45, 7) is 3.23. The molecule has 0 aliphatic rings. The second kappa shape index (κ2) is 12.0. The quantitative estimate of drug-likeness (QED) is 0.250. The fourth-order valence-corrected chi connectivity index (χ4v) is 4.97. The molecule has 37 heavy (non-hydrogen) atoms. The van der Waals surface area contributed by atoms with Gasteiger partial charge in [-0.1, -0.05) is 72.8 Å².